The summed E-state index contributed by atoms with van der Waals surface area (Å²) in [4.78, 5) is 24.2. The van der Waals surface area contributed by atoms with Gasteiger partial charge in [0.2, 0.25) is 5.95 Å². The number of aromatic nitrogens is 4. The van der Waals surface area contributed by atoms with Crippen LogP contribution in [0.4, 0.5) is 23.0 Å². The highest BCUT2D eigenvalue weighted by Crippen LogP contribution is 2.38. The number of hydrogen-bond donors (Lipinski definition) is 1. The van der Waals surface area contributed by atoms with Gasteiger partial charge in [-0.15, -0.1) is 0 Å². The zero-order valence-electron chi connectivity index (χ0n) is 20.4. The van der Waals surface area contributed by atoms with Crippen molar-refractivity contribution in [1.29, 1.82) is 0 Å². The van der Waals surface area contributed by atoms with E-state index in [9.17, 15) is 10.1 Å². The van der Waals surface area contributed by atoms with Gasteiger partial charge in [-0.3, -0.25) is 10.1 Å². The number of likely N-dealkylation sites (N-methyl/N-ethyl adjacent to an activating group) is 2. The first-order valence-corrected chi connectivity index (χ1v) is 11.0. The van der Waals surface area contributed by atoms with Crippen LogP contribution in [-0.4, -0.2) is 70.9 Å². The molecule has 0 saturated carbocycles. The summed E-state index contributed by atoms with van der Waals surface area (Å²) in [5.41, 5.74) is 2.87. The molecule has 0 aliphatic heterocycles. The number of nitrogens with zero attached hydrogens (tertiary/aromatic N) is 7. The Labute approximate surface area is 203 Å². The molecule has 11 heteroatoms. The van der Waals surface area contributed by atoms with E-state index < -0.39 is 4.92 Å². The third-order valence-corrected chi connectivity index (χ3v) is 5.62. The van der Waals surface area contributed by atoms with E-state index in [0.717, 1.165) is 23.0 Å². The number of benzene rings is 2. The fraction of sp³-hybridized carbons (Fsp3) is 0.292. The molecule has 0 atom stereocenters. The van der Waals surface area contributed by atoms with Gasteiger partial charge >= 0.3 is 0 Å². The molecule has 0 amide bonds. The zero-order chi connectivity index (χ0) is 25.1. The molecule has 11 nitrogen and oxygen atoms in total. The molecule has 0 aliphatic carbocycles. The van der Waals surface area contributed by atoms with Crippen molar-refractivity contribution in [1.82, 2.24) is 24.6 Å². The van der Waals surface area contributed by atoms with Gasteiger partial charge in [0.1, 0.15) is 11.4 Å². The van der Waals surface area contributed by atoms with Gasteiger partial charge in [0.25, 0.3) is 5.69 Å². The predicted octanol–water partition coefficient (Wildman–Crippen LogP) is 3.78. The first-order valence-electron chi connectivity index (χ1n) is 11.0. The molecule has 0 spiro atoms. The van der Waals surface area contributed by atoms with Gasteiger partial charge in [-0.2, -0.15) is 10.1 Å². The van der Waals surface area contributed by atoms with Crippen molar-refractivity contribution in [2.24, 2.45) is 0 Å². The first-order chi connectivity index (χ1) is 16.8. The highest BCUT2D eigenvalue weighted by molar-refractivity contribution is 5.81. The van der Waals surface area contributed by atoms with Crippen LogP contribution < -0.4 is 15.0 Å². The molecule has 4 aromatic rings. The number of rotatable bonds is 9. The summed E-state index contributed by atoms with van der Waals surface area (Å²) in [6.45, 7) is 3.39. The van der Waals surface area contributed by atoms with Crippen LogP contribution in [0.25, 0.3) is 16.7 Å². The number of nitro groups is 1. The highest BCUT2D eigenvalue weighted by Gasteiger charge is 2.22. The van der Waals surface area contributed by atoms with Crippen molar-refractivity contribution in [3.63, 3.8) is 0 Å². The Morgan fingerprint density at radius 1 is 1.14 bits per heavy atom. The molecule has 1 N–H and O–H groups in total. The molecule has 0 unspecified atom stereocenters. The maximum absolute atomic E-state index is 11.9. The first kappa shape index (κ1) is 23.9. The lowest BCUT2D eigenvalue weighted by Gasteiger charge is -2.22. The van der Waals surface area contributed by atoms with E-state index in [0.29, 0.717) is 29.5 Å². The van der Waals surface area contributed by atoms with Crippen LogP contribution in [0.1, 0.15) is 5.56 Å². The summed E-state index contributed by atoms with van der Waals surface area (Å²) in [6.07, 6.45) is 3.39. The third kappa shape index (κ3) is 5.14. The van der Waals surface area contributed by atoms with Crippen molar-refractivity contribution in [3.05, 3.63) is 64.5 Å². The van der Waals surface area contributed by atoms with Crippen LogP contribution >= 0.6 is 0 Å². The molecule has 0 radical (unpaired) electrons. The smallest absolute Gasteiger partial charge is 0.294 e. The SMILES string of the molecule is COc1cc(N(C)CCN(C)C)c([N+](=O)[O-])cc1Nc1nccc(-n2ncc3cc(C)ccc32)n1. The van der Waals surface area contributed by atoms with Crippen LogP contribution in [0.3, 0.4) is 0 Å². The van der Waals surface area contributed by atoms with E-state index in [-0.39, 0.29) is 11.6 Å². The van der Waals surface area contributed by atoms with E-state index in [1.165, 1.54) is 13.2 Å². The number of hydrogen-bond acceptors (Lipinski definition) is 9. The van der Waals surface area contributed by atoms with Gasteiger partial charge in [-0.05, 0) is 33.2 Å². The Bertz CT molecular complexity index is 1370. The van der Waals surface area contributed by atoms with Gasteiger partial charge in [-0.25, -0.2) is 9.67 Å². The monoisotopic (exact) mass is 476 g/mol. The van der Waals surface area contributed by atoms with Crippen LogP contribution in [-0.2, 0) is 0 Å². The van der Waals surface area contributed by atoms with Crippen molar-refractivity contribution >= 4 is 33.9 Å². The highest BCUT2D eigenvalue weighted by atomic mass is 16.6. The Morgan fingerprint density at radius 2 is 1.94 bits per heavy atom. The molecule has 2 aromatic carbocycles. The van der Waals surface area contributed by atoms with Crippen molar-refractivity contribution in [2.45, 2.75) is 6.92 Å². The summed E-state index contributed by atoms with van der Waals surface area (Å²) < 4.78 is 7.27. The minimum atomic E-state index is -0.402. The third-order valence-electron chi connectivity index (χ3n) is 5.62. The Morgan fingerprint density at radius 3 is 2.66 bits per heavy atom. The van der Waals surface area contributed by atoms with Crippen LogP contribution in [0, 0.1) is 17.0 Å². The minimum absolute atomic E-state index is 0.0425. The molecule has 182 valence electrons. The lowest BCUT2D eigenvalue weighted by Crippen LogP contribution is -2.28. The normalized spacial score (nSPS) is 11.1. The van der Waals surface area contributed by atoms with E-state index >= 15 is 0 Å². The molecular formula is C24H28N8O3. The maximum Gasteiger partial charge on any atom is 0.294 e. The molecule has 35 heavy (non-hydrogen) atoms. The van der Waals surface area contributed by atoms with Crippen molar-refractivity contribution in [3.8, 4) is 11.6 Å². The number of anilines is 3. The molecule has 2 aromatic heterocycles. The second-order valence-corrected chi connectivity index (χ2v) is 8.51. The molecule has 4 rings (SSSR count). The van der Waals surface area contributed by atoms with Gasteiger partial charge < -0.3 is 19.9 Å². The molecule has 2 heterocycles. The van der Waals surface area contributed by atoms with E-state index in [4.69, 9.17) is 4.74 Å². The summed E-state index contributed by atoms with van der Waals surface area (Å²) in [7, 11) is 7.25. The summed E-state index contributed by atoms with van der Waals surface area (Å²) in [5, 5.41) is 20.4. The maximum atomic E-state index is 11.9. The van der Waals surface area contributed by atoms with Gasteiger partial charge in [0, 0.05) is 49.9 Å². The van der Waals surface area contributed by atoms with Crippen molar-refractivity contribution < 1.29 is 9.66 Å². The average molecular weight is 477 g/mol. The fourth-order valence-corrected chi connectivity index (χ4v) is 3.73. The average Bonchev–Trinajstić information content (AvgIpc) is 3.25. The Hall–Kier alpha value is -4.25. The quantitative estimate of drug-likeness (QED) is 0.285. The van der Waals surface area contributed by atoms with Gasteiger partial charge in [0.15, 0.2) is 5.82 Å². The second-order valence-electron chi connectivity index (χ2n) is 8.51. The molecule has 0 bridgehead atoms. The zero-order valence-corrected chi connectivity index (χ0v) is 20.4. The van der Waals surface area contributed by atoms with Crippen LogP contribution in [0.5, 0.6) is 5.75 Å². The molecule has 0 aliphatic rings. The second kappa shape index (κ2) is 9.94. The largest absolute Gasteiger partial charge is 0.494 e. The molecule has 0 fully saturated rings. The number of nitro benzene ring substituents is 1. The topological polar surface area (TPSA) is 114 Å². The summed E-state index contributed by atoms with van der Waals surface area (Å²) in [6, 6.07) is 10.9. The minimum Gasteiger partial charge on any atom is -0.494 e. The fourth-order valence-electron chi connectivity index (χ4n) is 3.73. The summed E-state index contributed by atoms with van der Waals surface area (Å²) in [5.74, 6) is 1.27. The molecular weight excluding hydrogens is 448 g/mol. The van der Waals surface area contributed by atoms with E-state index in [1.807, 2.05) is 50.0 Å². The number of ether oxygens (including phenoxy) is 1. The van der Waals surface area contributed by atoms with E-state index in [2.05, 4.69) is 26.4 Å². The number of nitrogens with one attached hydrogen (secondary N) is 1. The van der Waals surface area contributed by atoms with Crippen molar-refractivity contribution in [2.75, 3.05) is 51.6 Å². The van der Waals surface area contributed by atoms with Gasteiger partial charge in [0.05, 0.1) is 29.4 Å². The number of fused-ring (bicyclic) bond motifs is 1. The number of aryl methyl sites for hydroxylation is 1. The van der Waals surface area contributed by atoms with Crippen LogP contribution in [0.2, 0.25) is 0 Å². The molecule has 0 saturated heterocycles. The van der Waals surface area contributed by atoms with E-state index in [1.54, 1.807) is 29.2 Å². The predicted molar refractivity (Wildman–Crippen MR) is 136 cm³/mol. The lowest BCUT2D eigenvalue weighted by molar-refractivity contribution is -0.384. The lowest BCUT2D eigenvalue weighted by atomic mass is 10.2. The number of methoxy groups -OCH3 is 1. The summed E-state index contributed by atoms with van der Waals surface area (Å²) >= 11 is 0. The Kier molecular flexibility index (Phi) is 6.78. The van der Waals surface area contributed by atoms with Crippen LogP contribution in [0.15, 0.2) is 48.8 Å². The standard InChI is InChI=1S/C24H28N8O3/c1-16-6-7-19-17(12-16)15-26-31(19)23-8-9-25-24(28-23)27-18-13-21(32(33)34)20(14-22(18)35-5)30(4)11-10-29(2)3/h6-9,12-15H,10-11H2,1-5H3,(H,25,27,28). The Balaban J connectivity index is 1.68. The van der Waals surface area contributed by atoms with Gasteiger partial charge in [-0.1, -0.05) is 11.6 Å².